The van der Waals surface area contributed by atoms with E-state index in [9.17, 15) is 4.79 Å². The molecule has 0 saturated carbocycles. The molecule has 0 aromatic carbocycles. The van der Waals surface area contributed by atoms with Crippen molar-refractivity contribution in [2.24, 2.45) is 5.92 Å². The summed E-state index contributed by atoms with van der Waals surface area (Å²) in [6, 6.07) is 0. The number of hydrogen-bond acceptors (Lipinski definition) is 1. The van der Waals surface area contributed by atoms with Crippen LogP contribution in [0, 0.1) is 5.92 Å². The molecule has 0 unspecified atom stereocenters. The van der Waals surface area contributed by atoms with Crippen molar-refractivity contribution < 1.29 is 4.79 Å². The molecular formula is C10H16O. The summed E-state index contributed by atoms with van der Waals surface area (Å²) in [6.07, 6.45) is 9.39. The van der Waals surface area contributed by atoms with Gasteiger partial charge in [-0.05, 0) is 24.8 Å². The predicted octanol–water partition coefficient (Wildman–Crippen LogP) is 2.71. The Morgan fingerprint density at radius 2 is 2.45 bits per heavy atom. The van der Waals surface area contributed by atoms with E-state index >= 15 is 0 Å². The molecule has 1 nitrogen and oxygen atoms in total. The molecule has 0 aromatic heterocycles. The summed E-state index contributed by atoms with van der Waals surface area (Å²) in [5, 5.41) is 0. The van der Waals surface area contributed by atoms with E-state index in [2.05, 4.69) is 6.92 Å². The van der Waals surface area contributed by atoms with Gasteiger partial charge in [-0.2, -0.15) is 0 Å². The summed E-state index contributed by atoms with van der Waals surface area (Å²) in [7, 11) is 0. The fourth-order valence-corrected chi connectivity index (χ4v) is 1.54. The highest BCUT2D eigenvalue weighted by atomic mass is 16.1. The van der Waals surface area contributed by atoms with Gasteiger partial charge in [-0.15, -0.1) is 0 Å². The van der Waals surface area contributed by atoms with Gasteiger partial charge < -0.3 is 0 Å². The van der Waals surface area contributed by atoms with Crippen molar-refractivity contribution in [2.75, 3.05) is 0 Å². The average molecular weight is 152 g/mol. The molecule has 0 aliphatic heterocycles. The Hall–Kier alpha value is -0.590. The highest BCUT2D eigenvalue weighted by Gasteiger charge is 2.13. The van der Waals surface area contributed by atoms with E-state index in [1.807, 2.05) is 6.08 Å². The van der Waals surface area contributed by atoms with Crippen molar-refractivity contribution in [2.45, 2.75) is 39.0 Å². The largest absolute Gasteiger partial charge is 0.295 e. The van der Waals surface area contributed by atoms with Gasteiger partial charge in [0, 0.05) is 6.42 Å². The predicted molar refractivity (Wildman–Crippen MR) is 46.4 cm³/mol. The molecule has 62 valence electrons. The SMILES string of the molecule is CCCC[C@H]1CC=CC(=O)C1. The lowest BCUT2D eigenvalue weighted by Crippen LogP contribution is -2.10. The van der Waals surface area contributed by atoms with Gasteiger partial charge in [0.25, 0.3) is 0 Å². The van der Waals surface area contributed by atoms with Gasteiger partial charge in [-0.1, -0.05) is 25.8 Å². The minimum absolute atomic E-state index is 0.317. The van der Waals surface area contributed by atoms with E-state index in [1.54, 1.807) is 6.08 Å². The number of unbranched alkanes of at least 4 members (excludes halogenated alkanes) is 1. The van der Waals surface area contributed by atoms with E-state index < -0.39 is 0 Å². The van der Waals surface area contributed by atoms with Gasteiger partial charge in [0.15, 0.2) is 5.78 Å². The third-order valence-electron chi connectivity index (χ3n) is 2.23. The Bertz CT molecular complexity index is 158. The molecule has 1 heteroatoms. The van der Waals surface area contributed by atoms with Crippen molar-refractivity contribution in [3.8, 4) is 0 Å². The van der Waals surface area contributed by atoms with E-state index in [0.29, 0.717) is 11.7 Å². The molecule has 0 aromatic rings. The summed E-state index contributed by atoms with van der Waals surface area (Å²) in [6.45, 7) is 2.19. The van der Waals surface area contributed by atoms with Gasteiger partial charge in [0.05, 0.1) is 0 Å². The van der Waals surface area contributed by atoms with Crippen molar-refractivity contribution >= 4 is 5.78 Å². The first kappa shape index (κ1) is 8.51. The first-order chi connectivity index (χ1) is 5.33. The summed E-state index contributed by atoms with van der Waals surface area (Å²) < 4.78 is 0. The Balaban J connectivity index is 2.26. The first-order valence-electron chi connectivity index (χ1n) is 4.52. The molecule has 0 amide bonds. The Morgan fingerprint density at radius 3 is 3.09 bits per heavy atom. The monoisotopic (exact) mass is 152 g/mol. The second-order valence-corrected chi connectivity index (χ2v) is 3.32. The van der Waals surface area contributed by atoms with Crippen molar-refractivity contribution in [3.63, 3.8) is 0 Å². The molecule has 1 aliphatic carbocycles. The second kappa shape index (κ2) is 4.32. The van der Waals surface area contributed by atoms with Crippen LogP contribution in [0.25, 0.3) is 0 Å². The molecule has 1 aliphatic rings. The van der Waals surface area contributed by atoms with Crippen LogP contribution in [0.2, 0.25) is 0 Å². The highest BCUT2D eigenvalue weighted by molar-refractivity contribution is 5.90. The van der Waals surface area contributed by atoms with Crippen LogP contribution >= 0.6 is 0 Å². The van der Waals surface area contributed by atoms with Crippen LogP contribution in [0.1, 0.15) is 39.0 Å². The second-order valence-electron chi connectivity index (χ2n) is 3.32. The van der Waals surface area contributed by atoms with Crippen LogP contribution in [-0.4, -0.2) is 5.78 Å². The van der Waals surface area contributed by atoms with E-state index in [4.69, 9.17) is 0 Å². The van der Waals surface area contributed by atoms with Crippen LogP contribution in [0.4, 0.5) is 0 Å². The molecule has 0 fully saturated rings. The van der Waals surface area contributed by atoms with Gasteiger partial charge >= 0.3 is 0 Å². The van der Waals surface area contributed by atoms with Crippen molar-refractivity contribution in [1.29, 1.82) is 0 Å². The fourth-order valence-electron chi connectivity index (χ4n) is 1.54. The molecule has 0 N–H and O–H groups in total. The van der Waals surface area contributed by atoms with Crippen LogP contribution in [0.3, 0.4) is 0 Å². The summed E-state index contributed by atoms with van der Waals surface area (Å²) in [4.78, 5) is 10.9. The van der Waals surface area contributed by atoms with Gasteiger partial charge in [-0.25, -0.2) is 0 Å². The summed E-state index contributed by atoms with van der Waals surface area (Å²) in [5.74, 6) is 0.963. The zero-order valence-corrected chi connectivity index (χ0v) is 7.18. The molecule has 0 spiro atoms. The minimum Gasteiger partial charge on any atom is -0.295 e. The van der Waals surface area contributed by atoms with Gasteiger partial charge in [-0.3, -0.25) is 4.79 Å². The summed E-state index contributed by atoms with van der Waals surface area (Å²) in [5.41, 5.74) is 0. The van der Waals surface area contributed by atoms with Crippen molar-refractivity contribution in [3.05, 3.63) is 12.2 Å². The molecule has 1 rings (SSSR count). The maximum Gasteiger partial charge on any atom is 0.155 e. The Kier molecular flexibility index (Phi) is 3.34. The van der Waals surface area contributed by atoms with Crippen molar-refractivity contribution in [1.82, 2.24) is 0 Å². The lowest BCUT2D eigenvalue weighted by Gasteiger charge is -2.15. The Morgan fingerprint density at radius 1 is 1.64 bits per heavy atom. The highest BCUT2D eigenvalue weighted by Crippen LogP contribution is 2.21. The van der Waals surface area contributed by atoms with E-state index in [1.165, 1.54) is 19.3 Å². The zero-order valence-electron chi connectivity index (χ0n) is 7.18. The van der Waals surface area contributed by atoms with Gasteiger partial charge in [0.1, 0.15) is 0 Å². The van der Waals surface area contributed by atoms with E-state index in [-0.39, 0.29) is 0 Å². The molecule has 0 heterocycles. The Labute approximate surface area is 68.5 Å². The maximum atomic E-state index is 10.9. The number of rotatable bonds is 3. The zero-order chi connectivity index (χ0) is 8.10. The number of hydrogen-bond donors (Lipinski definition) is 0. The van der Waals surface area contributed by atoms with Crippen LogP contribution in [-0.2, 0) is 4.79 Å². The molecule has 0 radical (unpaired) electrons. The number of allylic oxidation sites excluding steroid dienone is 2. The van der Waals surface area contributed by atoms with Crippen LogP contribution < -0.4 is 0 Å². The fraction of sp³-hybridized carbons (Fsp3) is 0.700. The number of carbonyl (C=O) groups excluding carboxylic acids is 1. The molecule has 0 saturated heterocycles. The topological polar surface area (TPSA) is 17.1 Å². The van der Waals surface area contributed by atoms with E-state index in [0.717, 1.165) is 12.8 Å². The average Bonchev–Trinajstić information content (AvgIpc) is 2.01. The molecule has 11 heavy (non-hydrogen) atoms. The molecule has 1 atom stereocenters. The first-order valence-corrected chi connectivity index (χ1v) is 4.52. The minimum atomic E-state index is 0.317. The maximum absolute atomic E-state index is 10.9. The van der Waals surface area contributed by atoms with Crippen LogP contribution in [0.5, 0.6) is 0 Å². The molecular weight excluding hydrogens is 136 g/mol. The lowest BCUT2D eigenvalue weighted by atomic mass is 9.89. The van der Waals surface area contributed by atoms with Crippen LogP contribution in [0.15, 0.2) is 12.2 Å². The number of carbonyl (C=O) groups is 1. The smallest absolute Gasteiger partial charge is 0.155 e. The lowest BCUT2D eigenvalue weighted by molar-refractivity contribution is -0.115. The standard InChI is InChI=1S/C10H16O/c1-2-3-5-9-6-4-7-10(11)8-9/h4,7,9H,2-3,5-6,8H2,1H3/t9-/m0/s1. The molecule has 0 bridgehead atoms. The number of ketones is 1. The normalized spacial score (nSPS) is 24.1. The third kappa shape index (κ3) is 2.87. The quantitative estimate of drug-likeness (QED) is 0.607. The van der Waals surface area contributed by atoms with Gasteiger partial charge in [0.2, 0.25) is 0 Å². The third-order valence-corrected chi connectivity index (χ3v) is 2.23. The summed E-state index contributed by atoms with van der Waals surface area (Å²) >= 11 is 0.